The third kappa shape index (κ3) is 5.28. The monoisotopic (exact) mass is 546 g/mol. The van der Waals surface area contributed by atoms with Gasteiger partial charge in [-0.3, -0.25) is 9.10 Å². The Morgan fingerprint density at radius 2 is 1.81 bits per heavy atom. The highest BCUT2D eigenvalue weighted by molar-refractivity contribution is 7.92. The van der Waals surface area contributed by atoms with Crippen molar-refractivity contribution in [1.82, 2.24) is 0 Å². The zero-order valence-corrected chi connectivity index (χ0v) is 22.6. The van der Waals surface area contributed by atoms with E-state index in [0.717, 1.165) is 45.1 Å². The number of hydrogen-bond acceptors (Lipinski definition) is 6. The molecule has 0 unspecified atom stereocenters. The Labute approximate surface area is 220 Å². The molecule has 3 aromatic rings. The summed E-state index contributed by atoms with van der Waals surface area (Å²) >= 11 is 7.30. The number of ether oxygens (including phenoxy) is 1. The van der Waals surface area contributed by atoms with Gasteiger partial charge >= 0.3 is 5.97 Å². The molecule has 36 heavy (non-hydrogen) atoms. The minimum absolute atomic E-state index is 0.0141. The smallest absolute Gasteiger partial charge is 0.341 e. The summed E-state index contributed by atoms with van der Waals surface area (Å²) in [5, 5.41) is 3.59. The van der Waals surface area contributed by atoms with E-state index >= 15 is 0 Å². The Hall–Kier alpha value is -2.88. The number of carbonyl (C=O) groups excluding carboxylic acids is 2. The van der Waals surface area contributed by atoms with Crippen LogP contribution >= 0.6 is 22.9 Å². The molecule has 1 aromatic heterocycles. The van der Waals surface area contributed by atoms with Crippen LogP contribution in [0.4, 0.5) is 10.7 Å². The van der Waals surface area contributed by atoms with Crippen LogP contribution in [0.3, 0.4) is 0 Å². The number of sulfonamides is 1. The van der Waals surface area contributed by atoms with Gasteiger partial charge in [0, 0.05) is 9.90 Å². The normalized spacial score (nSPS) is 12.8. The molecule has 0 fully saturated rings. The number of hydrogen-bond donors (Lipinski definition) is 1. The van der Waals surface area contributed by atoms with E-state index in [1.807, 2.05) is 19.9 Å². The molecular formula is C26H27ClN2O5S2. The number of halogens is 1. The van der Waals surface area contributed by atoms with E-state index in [4.69, 9.17) is 16.3 Å². The molecule has 190 valence electrons. The zero-order chi connectivity index (χ0) is 26.0. The van der Waals surface area contributed by atoms with Crippen LogP contribution < -0.4 is 9.62 Å². The fourth-order valence-electron chi connectivity index (χ4n) is 4.14. The molecule has 0 spiro atoms. The summed E-state index contributed by atoms with van der Waals surface area (Å²) in [6.07, 6.45) is 2.53. The van der Waals surface area contributed by atoms with E-state index in [1.54, 1.807) is 19.1 Å². The molecule has 2 aromatic carbocycles. The number of rotatable bonds is 8. The Morgan fingerprint density at radius 1 is 1.08 bits per heavy atom. The molecule has 1 aliphatic carbocycles. The number of thiophene rings is 1. The van der Waals surface area contributed by atoms with E-state index in [1.165, 1.54) is 35.6 Å². The number of aryl methyl sites for hydroxylation is 3. The SMILES string of the molecule is CCOC(=O)c1c(NC(=O)CN(c2ccc(C)c(C)c2)S(=O)(=O)c2ccc(Cl)cc2)sc2c1CCC2. The first kappa shape index (κ1) is 26.2. The molecule has 1 N–H and O–H groups in total. The zero-order valence-electron chi connectivity index (χ0n) is 20.3. The first-order valence-corrected chi connectivity index (χ1v) is 14.2. The summed E-state index contributed by atoms with van der Waals surface area (Å²) < 4.78 is 33.6. The van der Waals surface area contributed by atoms with Crippen LogP contribution in [0.1, 0.15) is 45.3 Å². The predicted octanol–water partition coefficient (Wildman–Crippen LogP) is 5.52. The van der Waals surface area contributed by atoms with E-state index in [9.17, 15) is 18.0 Å². The van der Waals surface area contributed by atoms with Crippen molar-refractivity contribution >= 4 is 55.5 Å². The van der Waals surface area contributed by atoms with Gasteiger partial charge < -0.3 is 10.1 Å². The van der Waals surface area contributed by atoms with Gasteiger partial charge in [-0.15, -0.1) is 11.3 Å². The molecule has 10 heteroatoms. The number of esters is 1. The molecule has 1 amide bonds. The molecule has 0 bridgehead atoms. The maximum absolute atomic E-state index is 13.6. The van der Waals surface area contributed by atoms with Gasteiger partial charge in [-0.2, -0.15) is 0 Å². The average Bonchev–Trinajstić information content (AvgIpc) is 3.40. The number of fused-ring (bicyclic) bond motifs is 1. The lowest BCUT2D eigenvalue weighted by atomic mass is 10.1. The third-order valence-corrected chi connectivity index (χ3v) is 9.37. The first-order chi connectivity index (χ1) is 17.1. The average molecular weight is 547 g/mol. The molecule has 0 saturated carbocycles. The van der Waals surface area contributed by atoms with Crippen LogP contribution in [-0.4, -0.2) is 33.4 Å². The largest absolute Gasteiger partial charge is 0.462 e. The standard InChI is InChI=1S/C26H27ClN2O5S2/c1-4-34-26(31)24-21-6-5-7-22(21)35-25(24)28-23(30)15-29(19-11-8-16(2)17(3)14-19)36(32,33)20-12-9-18(27)10-13-20/h8-14H,4-7,15H2,1-3H3,(H,28,30). The summed E-state index contributed by atoms with van der Waals surface area (Å²) in [4.78, 5) is 27.0. The van der Waals surface area contributed by atoms with E-state index in [-0.39, 0.29) is 11.5 Å². The number of benzene rings is 2. The van der Waals surface area contributed by atoms with Gasteiger partial charge in [-0.25, -0.2) is 13.2 Å². The van der Waals surface area contributed by atoms with Crippen molar-refractivity contribution in [3.8, 4) is 0 Å². The van der Waals surface area contributed by atoms with Crippen LogP contribution in [0, 0.1) is 13.8 Å². The van der Waals surface area contributed by atoms with Gasteiger partial charge in [0.1, 0.15) is 11.5 Å². The van der Waals surface area contributed by atoms with Crippen LogP contribution in [-0.2, 0) is 32.4 Å². The van der Waals surface area contributed by atoms with Gasteiger partial charge in [0.15, 0.2) is 0 Å². The van der Waals surface area contributed by atoms with E-state index in [0.29, 0.717) is 21.3 Å². The van der Waals surface area contributed by atoms with Gasteiger partial charge in [0.25, 0.3) is 10.0 Å². The number of nitrogens with one attached hydrogen (secondary N) is 1. The molecule has 0 saturated heterocycles. The minimum atomic E-state index is -4.09. The Balaban J connectivity index is 1.68. The number of anilines is 2. The lowest BCUT2D eigenvalue weighted by Gasteiger charge is -2.25. The number of nitrogens with zero attached hydrogens (tertiary/aromatic N) is 1. The second-order valence-corrected chi connectivity index (χ2v) is 12.0. The maximum atomic E-state index is 13.6. The van der Waals surface area contributed by atoms with Crippen molar-refractivity contribution < 1.29 is 22.7 Å². The quantitative estimate of drug-likeness (QED) is 0.376. The van der Waals surface area contributed by atoms with Crippen LogP contribution in [0.2, 0.25) is 5.02 Å². The fourth-order valence-corrected chi connectivity index (χ4v) is 6.97. The van der Waals surface area contributed by atoms with Crippen molar-refractivity contribution in [2.75, 3.05) is 22.8 Å². The minimum Gasteiger partial charge on any atom is -0.462 e. The van der Waals surface area contributed by atoms with Gasteiger partial charge in [-0.1, -0.05) is 17.7 Å². The molecular weight excluding hydrogens is 520 g/mol. The van der Waals surface area contributed by atoms with Crippen molar-refractivity contribution in [3.05, 3.63) is 74.6 Å². The first-order valence-electron chi connectivity index (χ1n) is 11.6. The van der Waals surface area contributed by atoms with E-state index in [2.05, 4.69) is 5.32 Å². The molecule has 1 heterocycles. The lowest BCUT2D eigenvalue weighted by Crippen LogP contribution is -2.38. The second-order valence-electron chi connectivity index (χ2n) is 8.56. The Morgan fingerprint density at radius 3 is 2.47 bits per heavy atom. The lowest BCUT2D eigenvalue weighted by molar-refractivity contribution is -0.114. The van der Waals surface area contributed by atoms with Crippen molar-refractivity contribution in [1.29, 1.82) is 0 Å². The van der Waals surface area contributed by atoms with Gasteiger partial charge in [0.2, 0.25) is 5.91 Å². The van der Waals surface area contributed by atoms with Crippen LogP contribution in [0.15, 0.2) is 47.4 Å². The van der Waals surface area contributed by atoms with Crippen molar-refractivity contribution in [2.24, 2.45) is 0 Å². The topological polar surface area (TPSA) is 92.8 Å². The maximum Gasteiger partial charge on any atom is 0.341 e. The highest BCUT2D eigenvalue weighted by Crippen LogP contribution is 2.39. The fraction of sp³-hybridized carbons (Fsp3) is 0.308. The summed E-state index contributed by atoms with van der Waals surface area (Å²) in [5.74, 6) is -1.04. The molecule has 0 atom stereocenters. The number of carbonyl (C=O) groups is 2. The Kier molecular flexibility index (Phi) is 7.73. The second kappa shape index (κ2) is 10.6. The van der Waals surface area contributed by atoms with Crippen molar-refractivity contribution in [3.63, 3.8) is 0 Å². The summed E-state index contributed by atoms with van der Waals surface area (Å²) in [7, 11) is -4.09. The molecule has 0 aliphatic heterocycles. The molecule has 1 aliphatic rings. The molecule has 4 rings (SSSR count). The van der Waals surface area contributed by atoms with E-state index < -0.39 is 28.4 Å². The summed E-state index contributed by atoms with van der Waals surface area (Å²) in [5.41, 5.74) is 3.54. The molecule has 7 nitrogen and oxygen atoms in total. The highest BCUT2D eigenvalue weighted by Gasteiger charge is 2.31. The van der Waals surface area contributed by atoms with Crippen LogP contribution in [0.25, 0.3) is 0 Å². The summed E-state index contributed by atoms with van der Waals surface area (Å²) in [6.45, 7) is 5.28. The Bertz CT molecular complexity index is 1410. The number of amides is 1. The van der Waals surface area contributed by atoms with Crippen LogP contribution in [0.5, 0.6) is 0 Å². The molecule has 0 radical (unpaired) electrons. The van der Waals surface area contributed by atoms with Gasteiger partial charge in [0.05, 0.1) is 22.8 Å². The highest BCUT2D eigenvalue weighted by atomic mass is 35.5. The van der Waals surface area contributed by atoms with Crippen molar-refractivity contribution in [2.45, 2.75) is 44.9 Å². The van der Waals surface area contributed by atoms with Gasteiger partial charge in [-0.05, 0) is 93.1 Å². The summed E-state index contributed by atoms with van der Waals surface area (Å²) in [6, 6.07) is 11.0. The predicted molar refractivity (Wildman–Crippen MR) is 143 cm³/mol. The third-order valence-electron chi connectivity index (χ3n) is 6.12.